The second kappa shape index (κ2) is 3.47. The van der Waals surface area contributed by atoms with Crippen LogP contribution in [0.25, 0.3) is 0 Å². The molecule has 0 spiro atoms. The number of hydrogen-bond acceptors (Lipinski definition) is 2. The number of aromatic nitrogens is 1. The van der Waals surface area contributed by atoms with Crippen molar-refractivity contribution in [2.45, 2.75) is 31.7 Å². The average Bonchev–Trinajstić information content (AvgIpc) is 3.08. The lowest BCUT2D eigenvalue weighted by Gasteiger charge is -2.24. The van der Waals surface area contributed by atoms with Crippen LogP contribution in [0.3, 0.4) is 0 Å². The Balaban J connectivity index is 1.80. The van der Waals surface area contributed by atoms with E-state index in [1.165, 1.54) is 25.7 Å². The maximum Gasteiger partial charge on any atom is 0.214 e. The lowest BCUT2D eigenvalue weighted by atomic mass is 10.3. The zero-order valence-corrected chi connectivity index (χ0v) is 8.69. The van der Waals surface area contributed by atoms with Crippen LogP contribution >= 0.6 is 0 Å². The first-order chi connectivity index (χ1) is 7.33. The van der Waals surface area contributed by atoms with Crippen LogP contribution in [0, 0.1) is 11.9 Å². The molecule has 2 aliphatic carbocycles. The van der Waals surface area contributed by atoms with Gasteiger partial charge in [-0.25, -0.2) is 4.98 Å². The predicted molar refractivity (Wildman–Crippen MR) is 57.3 cm³/mol. The minimum Gasteiger partial charge on any atom is -0.368 e. The summed E-state index contributed by atoms with van der Waals surface area (Å²) in [7, 11) is 0. The first-order valence-electron chi connectivity index (χ1n) is 5.71. The SMILES string of the molecule is Fc1cc(N(CC2CC2)C2CC2)ccn1. The van der Waals surface area contributed by atoms with Gasteiger partial charge in [0.1, 0.15) is 0 Å². The van der Waals surface area contributed by atoms with E-state index in [1.54, 1.807) is 12.3 Å². The van der Waals surface area contributed by atoms with Crippen molar-refractivity contribution in [3.8, 4) is 0 Å². The van der Waals surface area contributed by atoms with E-state index in [2.05, 4.69) is 9.88 Å². The van der Waals surface area contributed by atoms with Crippen LogP contribution in [0.15, 0.2) is 18.3 Å². The molecular weight excluding hydrogens is 191 g/mol. The summed E-state index contributed by atoms with van der Waals surface area (Å²) in [6.07, 6.45) is 6.77. The summed E-state index contributed by atoms with van der Waals surface area (Å²) < 4.78 is 13.0. The molecule has 2 aliphatic rings. The number of halogens is 1. The van der Waals surface area contributed by atoms with Gasteiger partial charge in [-0.2, -0.15) is 4.39 Å². The molecular formula is C12H15FN2. The molecule has 0 atom stereocenters. The molecule has 0 bridgehead atoms. The number of rotatable bonds is 4. The fourth-order valence-corrected chi connectivity index (χ4v) is 2.00. The third-order valence-electron chi connectivity index (χ3n) is 3.18. The highest BCUT2D eigenvalue weighted by molar-refractivity contribution is 5.47. The monoisotopic (exact) mass is 206 g/mol. The van der Waals surface area contributed by atoms with E-state index in [0.29, 0.717) is 6.04 Å². The molecule has 2 fully saturated rings. The number of pyridine rings is 1. The highest BCUT2D eigenvalue weighted by atomic mass is 19.1. The summed E-state index contributed by atoms with van der Waals surface area (Å²) >= 11 is 0. The molecule has 3 rings (SSSR count). The maximum absolute atomic E-state index is 13.0. The number of hydrogen-bond donors (Lipinski definition) is 0. The van der Waals surface area contributed by atoms with Gasteiger partial charge in [-0.15, -0.1) is 0 Å². The Morgan fingerprint density at radius 2 is 2.13 bits per heavy atom. The fourth-order valence-electron chi connectivity index (χ4n) is 2.00. The van der Waals surface area contributed by atoms with Gasteiger partial charge in [0.25, 0.3) is 0 Å². The van der Waals surface area contributed by atoms with Crippen molar-refractivity contribution in [3.05, 3.63) is 24.3 Å². The van der Waals surface area contributed by atoms with Crippen LogP contribution in [0.5, 0.6) is 0 Å². The molecule has 0 N–H and O–H groups in total. The molecule has 1 heterocycles. The van der Waals surface area contributed by atoms with E-state index < -0.39 is 0 Å². The maximum atomic E-state index is 13.0. The second-order valence-electron chi connectivity index (χ2n) is 4.66. The van der Waals surface area contributed by atoms with E-state index in [9.17, 15) is 4.39 Å². The van der Waals surface area contributed by atoms with E-state index >= 15 is 0 Å². The van der Waals surface area contributed by atoms with E-state index in [4.69, 9.17) is 0 Å². The normalized spacial score (nSPS) is 20.3. The Morgan fingerprint density at radius 1 is 1.33 bits per heavy atom. The zero-order chi connectivity index (χ0) is 10.3. The van der Waals surface area contributed by atoms with Crippen LogP contribution in [0.2, 0.25) is 0 Å². The Hall–Kier alpha value is -1.12. The van der Waals surface area contributed by atoms with Gasteiger partial charge in [-0.1, -0.05) is 0 Å². The largest absolute Gasteiger partial charge is 0.368 e. The lowest BCUT2D eigenvalue weighted by molar-refractivity contribution is 0.581. The standard InChI is InChI=1S/C12H15FN2/c13-12-7-11(5-6-14-12)15(10-3-4-10)8-9-1-2-9/h5-7,9-10H,1-4,8H2. The van der Waals surface area contributed by atoms with Crippen molar-refractivity contribution >= 4 is 5.69 Å². The van der Waals surface area contributed by atoms with Gasteiger partial charge in [0.2, 0.25) is 5.95 Å². The zero-order valence-electron chi connectivity index (χ0n) is 8.69. The Labute approximate surface area is 89.1 Å². The minimum absolute atomic E-state index is 0.367. The van der Waals surface area contributed by atoms with Crippen molar-refractivity contribution in [2.75, 3.05) is 11.4 Å². The van der Waals surface area contributed by atoms with Gasteiger partial charge in [0.15, 0.2) is 0 Å². The third kappa shape index (κ3) is 2.11. The van der Waals surface area contributed by atoms with Crippen LogP contribution in [0.4, 0.5) is 10.1 Å². The van der Waals surface area contributed by atoms with Gasteiger partial charge in [0, 0.05) is 30.5 Å². The first-order valence-corrected chi connectivity index (χ1v) is 5.71. The quantitative estimate of drug-likeness (QED) is 0.704. The van der Waals surface area contributed by atoms with Gasteiger partial charge in [-0.05, 0) is 37.7 Å². The van der Waals surface area contributed by atoms with Crippen LogP contribution in [-0.4, -0.2) is 17.6 Å². The van der Waals surface area contributed by atoms with E-state index in [1.807, 2.05) is 6.07 Å². The summed E-state index contributed by atoms with van der Waals surface area (Å²) in [6, 6.07) is 4.14. The minimum atomic E-state index is -0.367. The summed E-state index contributed by atoms with van der Waals surface area (Å²) in [5.74, 6) is 0.482. The topological polar surface area (TPSA) is 16.1 Å². The molecule has 1 aromatic rings. The molecule has 3 heteroatoms. The predicted octanol–water partition coefficient (Wildman–Crippen LogP) is 2.60. The number of nitrogens with zero attached hydrogens (tertiary/aromatic N) is 2. The highest BCUT2D eigenvalue weighted by Gasteiger charge is 2.33. The van der Waals surface area contributed by atoms with Crippen molar-refractivity contribution in [1.29, 1.82) is 0 Å². The van der Waals surface area contributed by atoms with Gasteiger partial charge in [-0.3, -0.25) is 0 Å². The average molecular weight is 206 g/mol. The van der Waals surface area contributed by atoms with Crippen molar-refractivity contribution < 1.29 is 4.39 Å². The van der Waals surface area contributed by atoms with E-state index in [-0.39, 0.29) is 5.95 Å². The van der Waals surface area contributed by atoms with Crippen LogP contribution < -0.4 is 4.90 Å². The summed E-state index contributed by atoms with van der Waals surface area (Å²) in [5.41, 5.74) is 1.01. The van der Waals surface area contributed by atoms with Crippen LogP contribution in [0.1, 0.15) is 25.7 Å². The lowest BCUT2D eigenvalue weighted by Crippen LogP contribution is -2.28. The molecule has 0 aliphatic heterocycles. The summed E-state index contributed by atoms with van der Waals surface area (Å²) in [4.78, 5) is 5.97. The summed E-state index contributed by atoms with van der Waals surface area (Å²) in [5, 5.41) is 0. The Morgan fingerprint density at radius 3 is 2.73 bits per heavy atom. The van der Waals surface area contributed by atoms with Crippen molar-refractivity contribution in [1.82, 2.24) is 4.98 Å². The van der Waals surface area contributed by atoms with Crippen LogP contribution in [-0.2, 0) is 0 Å². The third-order valence-corrected chi connectivity index (χ3v) is 3.18. The smallest absolute Gasteiger partial charge is 0.214 e. The molecule has 0 unspecified atom stereocenters. The first kappa shape index (κ1) is 9.13. The second-order valence-corrected chi connectivity index (χ2v) is 4.66. The van der Waals surface area contributed by atoms with Crippen molar-refractivity contribution in [3.63, 3.8) is 0 Å². The Kier molecular flexibility index (Phi) is 2.11. The highest BCUT2D eigenvalue weighted by Crippen LogP contribution is 2.37. The molecule has 0 amide bonds. The number of anilines is 1. The van der Waals surface area contributed by atoms with Gasteiger partial charge < -0.3 is 4.90 Å². The molecule has 80 valence electrons. The molecule has 2 nitrogen and oxygen atoms in total. The van der Waals surface area contributed by atoms with E-state index in [0.717, 1.165) is 18.2 Å². The molecule has 0 saturated heterocycles. The fraction of sp³-hybridized carbons (Fsp3) is 0.583. The molecule has 2 saturated carbocycles. The van der Waals surface area contributed by atoms with Crippen molar-refractivity contribution in [2.24, 2.45) is 5.92 Å². The Bertz CT molecular complexity index is 358. The van der Waals surface area contributed by atoms with Gasteiger partial charge >= 0.3 is 0 Å². The van der Waals surface area contributed by atoms with Gasteiger partial charge in [0.05, 0.1) is 0 Å². The molecule has 0 radical (unpaired) electrons. The molecule has 0 aromatic carbocycles. The summed E-state index contributed by atoms with van der Waals surface area (Å²) in [6.45, 7) is 1.11. The molecule has 15 heavy (non-hydrogen) atoms. The molecule has 1 aromatic heterocycles.